The first-order chi connectivity index (χ1) is 5.93. The zero-order valence-electron chi connectivity index (χ0n) is 6.58. The van der Waals surface area contributed by atoms with E-state index in [1.807, 2.05) is 0 Å². The Morgan fingerprint density at radius 3 is 2.36 bits per heavy atom. The van der Waals surface area contributed by atoms with Crippen LogP contribution >= 0.6 is 12.4 Å². The predicted octanol–water partition coefficient (Wildman–Crippen LogP) is 2.22. The molecule has 0 spiro atoms. The van der Waals surface area contributed by atoms with Crippen LogP contribution in [0.4, 0.5) is 13.2 Å². The maximum atomic E-state index is 12.1. The number of pyridine rings is 1. The summed E-state index contributed by atoms with van der Waals surface area (Å²) in [6.45, 7) is 0. The molecule has 0 atom stereocenters. The molecule has 1 aromatic heterocycles. The minimum atomic E-state index is -4.68. The highest BCUT2D eigenvalue weighted by Crippen LogP contribution is 2.30. The van der Waals surface area contributed by atoms with Crippen molar-refractivity contribution in [3.8, 4) is 0 Å². The van der Waals surface area contributed by atoms with Crippen LogP contribution in [0.2, 0.25) is 0 Å². The Labute approximate surface area is 83.0 Å². The van der Waals surface area contributed by atoms with Crippen LogP contribution in [0.1, 0.15) is 16.1 Å². The number of aromatic carboxylic acids is 1. The van der Waals surface area contributed by atoms with Gasteiger partial charge in [0.1, 0.15) is 0 Å². The maximum Gasteiger partial charge on any atom is 0.418 e. The number of aromatic nitrogens is 1. The van der Waals surface area contributed by atoms with Gasteiger partial charge in [-0.3, -0.25) is 0 Å². The van der Waals surface area contributed by atoms with E-state index in [1.54, 1.807) is 0 Å². The summed E-state index contributed by atoms with van der Waals surface area (Å²) in [6, 6.07) is 1.71. The summed E-state index contributed by atoms with van der Waals surface area (Å²) in [5, 5.41) is 8.37. The lowest BCUT2D eigenvalue weighted by atomic mass is 10.2. The van der Waals surface area contributed by atoms with Gasteiger partial charge in [0.2, 0.25) is 0 Å². The second-order valence-electron chi connectivity index (χ2n) is 2.20. The predicted molar refractivity (Wildman–Crippen MR) is 43.4 cm³/mol. The molecule has 0 aliphatic heterocycles. The topological polar surface area (TPSA) is 50.2 Å². The van der Waals surface area contributed by atoms with Gasteiger partial charge in [-0.05, 0) is 12.1 Å². The normalized spacial score (nSPS) is 10.5. The molecule has 0 aliphatic rings. The van der Waals surface area contributed by atoms with Gasteiger partial charge in [0.05, 0.1) is 5.56 Å². The maximum absolute atomic E-state index is 12.1. The average molecular weight is 228 g/mol. The molecule has 0 aromatic carbocycles. The number of carboxylic acids is 1. The third-order valence-corrected chi connectivity index (χ3v) is 1.32. The number of carboxylic acid groups (broad SMARTS) is 1. The molecule has 0 aliphatic carbocycles. The molecule has 0 fully saturated rings. The highest BCUT2D eigenvalue weighted by atomic mass is 35.5. The minimum Gasteiger partial charge on any atom is -0.476 e. The number of alkyl halides is 3. The highest BCUT2D eigenvalue weighted by Gasteiger charge is 2.35. The van der Waals surface area contributed by atoms with Crippen LogP contribution in [0.3, 0.4) is 0 Å². The Kier molecular flexibility index (Phi) is 3.88. The van der Waals surface area contributed by atoms with Crippen LogP contribution < -0.4 is 0 Å². The van der Waals surface area contributed by atoms with Crippen molar-refractivity contribution in [2.75, 3.05) is 0 Å². The zero-order chi connectivity index (χ0) is 10.1. The summed E-state index contributed by atoms with van der Waals surface area (Å²) in [7, 11) is 0. The molecule has 1 N–H and O–H groups in total. The molecular formula is C7H5ClF3NO2. The van der Waals surface area contributed by atoms with E-state index in [-0.39, 0.29) is 12.4 Å². The molecular weight excluding hydrogens is 223 g/mol. The lowest BCUT2D eigenvalue weighted by molar-refractivity contribution is -0.138. The monoisotopic (exact) mass is 227 g/mol. The van der Waals surface area contributed by atoms with E-state index in [9.17, 15) is 18.0 Å². The number of hydrogen-bond acceptors (Lipinski definition) is 2. The van der Waals surface area contributed by atoms with Gasteiger partial charge in [-0.25, -0.2) is 9.78 Å². The van der Waals surface area contributed by atoms with Gasteiger partial charge in [-0.2, -0.15) is 13.2 Å². The second-order valence-corrected chi connectivity index (χ2v) is 2.20. The molecule has 7 heteroatoms. The standard InChI is InChI=1S/C7H4F3NO2.ClH/c8-7(9,10)4-2-1-3-11-5(4)6(12)13;/h1-3H,(H,12,13);1H. The SMILES string of the molecule is Cl.O=C(O)c1ncccc1C(F)(F)F. The molecule has 78 valence electrons. The van der Waals surface area contributed by atoms with Crippen molar-refractivity contribution >= 4 is 18.4 Å². The zero-order valence-corrected chi connectivity index (χ0v) is 7.39. The fourth-order valence-electron chi connectivity index (χ4n) is 0.804. The second kappa shape index (κ2) is 4.28. The molecule has 14 heavy (non-hydrogen) atoms. The Balaban J connectivity index is 0.00000169. The smallest absolute Gasteiger partial charge is 0.418 e. The van der Waals surface area contributed by atoms with Gasteiger partial charge in [0, 0.05) is 6.20 Å². The van der Waals surface area contributed by atoms with E-state index in [2.05, 4.69) is 4.98 Å². The lowest BCUT2D eigenvalue weighted by Gasteiger charge is -2.07. The highest BCUT2D eigenvalue weighted by molar-refractivity contribution is 5.87. The Bertz CT molecular complexity index is 340. The van der Waals surface area contributed by atoms with E-state index in [4.69, 9.17) is 5.11 Å². The van der Waals surface area contributed by atoms with Crippen LogP contribution in [0.15, 0.2) is 18.3 Å². The van der Waals surface area contributed by atoms with Gasteiger partial charge in [-0.15, -0.1) is 12.4 Å². The van der Waals surface area contributed by atoms with Crippen LogP contribution in [0, 0.1) is 0 Å². The summed E-state index contributed by atoms with van der Waals surface area (Å²) in [5.74, 6) is -1.69. The summed E-state index contributed by atoms with van der Waals surface area (Å²) in [6.07, 6.45) is -3.68. The number of nitrogens with zero attached hydrogens (tertiary/aromatic N) is 1. The molecule has 3 nitrogen and oxygen atoms in total. The number of hydrogen-bond donors (Lipinski definition) is 1. The number of rotatable bonds is 1. The first-order valence-electron chi connectivity index (χ1n) is 3.18. The van der Waals surface area contributed by atoms with Crippen molar-refractivity contribution in [3.05, 3.63) is 29.6 Å². The van der Waals surface area contributed by atoms with E-state index in [0.29, 0.717) is 6.07 Å². The summed E-state index contributed by atoms with van der Waals surface area (Å²) < 4.78 is 36.3. The Hall–Kier alpha value is -1.30. The first-order valence-corrected chi connectivity index (χ1v) is 3.18. The minimum absolute atomic E-state index is 0. The number of halogens is 4. The summed E-state index contributed by atoms with van der Waals surface area (Å²) in [5.41, 5.74) is -2.21. The van der Waals surface area contributed by atoms with Gasteiger partial charge in [0.15, 0.2) is 5.69 Å². The van der Waals surface area contributed by atoms with Crippen molar-refractivity contribution in [1.29, 1.82) is 0 Å². The largest absolute Gasteiger partial charge is 0.476 e. The van der Waals surface area contributed by atoms with E-state index < -0.39 is 23.4 Å². The third kappa shape index (κ3) is 2.59. The molecule has 0 radical (unpaired) electrons. The molecule has 1 rings (SSSR count). The van der Waals surface area contributed by atoms with E-state index >= 15 is 0 Å². The molecule has 1 heterocycles. The van der Waals surface area contributed by atoms with Crippen molar-refractivity contribution < 1.29 is 23.1 Å². The van der Waals surface area contributed by atoms with Crippen molar-refractivity contribution in [1.82, 2.24) is 4.98 Å². The lowest BCUT2D eigenvalue weighted by Crippen LogP contribution is -2.14. The quantitative estimate of drug-likeness (QED) is 0.800. The molecule has 0 saturated carbocycles. The number of carbonyl (C=O) groups is 1. The fraction of sp³-hybridized carbons (Fsp3) is 0.143. The summed E-state index contributed by atoms with van der Waals surface area (Å²) in [4.78, 5) is 13.4. The van der Waals surface area contributed by atoms with E-state index in [0.717, 1.165) is 12.3 Å². The van der Waals surface area contributed by atoms with E-state index in [1.165, 1.54) is 0 Å². The van der Waals surface area contributed by atoms with Crippen molar-refractivity contribution in [2.24, 2.45) is 0 Å². The van der Waals surface area contributed by atoms with Crippen LogP contribution in [-0.4, -0.2) is 16.1 Å². The van der Waals surface area contributed by atoms with Crippen molar-refractivity contribution in [3.63, 3.8) is 0 Å². The fourth-order valence-corrected chi connectivity index (χ4v) is 0.804. The van der Waals surface area contributed by atoms with Gasteiger partial charge >= 0.3 is 12.1 Å². The molecule has 0 saturated heterocycles. The Morgan fingerprint density at radius 2 is 2.00 bits per heavy atom. The van der Waals surface area contributed by atoms with Gasteiger partial charge in [-0.1, -0.05) is 0 Å². The van der Waals surface area contributed by atoms with Gasteiger partial charge < -0.3 is 5.11 Å². The van der Waals surface area contributed by atoms with Crippen LogP contribution in [0.5, 0.6) is 0 Å². The Morgan fingerprint density at radius 1 is 1.43 bits per heavy atom. The molecule has 1 aromatic rings. The molecule has 0 bridgehead atoms. The first kappa shape index (κ1) is 12.7. The van der Waals surface area contributed by atoms with Crippen LogP contribution in [-0.2, 0) is 6.18 Å². The van der Waals surface area contributed by atoms with Gasteiger partial charge in [0.25, 0.3) is 0 Å². The van der Waals surface area contributed by atoms with Crippen molar-refractivity contribution in [2.45, 2.75) is 6.18 Å². The molecule has 0 unspecified atom stereocenters. The summed E-state index contributed by atoms with van der Waals surface area (Å²) >= 11 is 0. The average Bonchev–Trinajstić information content (AvgIpc) is 2.03. The molecule has 0 amide bonds. The third-order valence-electron chi connectivity index (χ3n) is 1.32. The van der Waals surface area contributed by atoms with Crippen LogP contribution in [0.25, 0.3) is 0 Å².